The Balaban J connectivity index is 1.85. The maximum Gasteiger partial charge on any atom is 0.262 e. The molecule has 0 radical (unpaired) electrons. The molecule has 0 spiro atoms. The molecule has 8 heteroatoms. The maximum atomic E-state index is 12.4. The van der Waals surface area contributed by atoms with E-state index in [1.165, 1.54) is 18.0 Å². The molecule has 2 heterocycles. The smallest absolute Gasteiger partial charge is 0.262 e. The maximum absolute atomic E-state index is 12.4. The molecule has 0 unspecified atom stereocenters. The predicted molar refractivity (Wildman–Crippen MR) is 107 cm³/mol. The minimum absolute atomic E-state index is 0.0233. The molecule has 0 aliphatic heterocycles. The molecule has 140 valence electrons. The number of aromatic amines is 1. The fourth-order valence-corrected chi connectivity index (χ4v) is 3.41. The number of likely N-dealkylation sites (N-methyl/N-ethyl adjacent to an activating group) is 1. The van der Waals surface area contributed by atoms with Gasteiger partial charge in [-0.15, -0.1) is 0 Å². The van der Waals surface area contributed by atoms with Crippen molar-refractivity contribution in [3.8, 4) is 5.69 Å². The lowest BCUT2D eigenvalue weighted by molar-refractivity contribution is -0.127. The number of amides is 1. The summed E-state index contributed by atoms with van der Waals surface area (Å²) < 4.78 is 1.62. The number of nitrogens with zero attached hydrogens (tertiary/aromatic N) is 4. The summed E-state index contributed by atoms with van der Waals surface area (Å²) in [5.41, 5.74) is 1.94. The van der Waals surface area contributed by atoms with Gasteiger partial charge >= 0.3 is 0 Å². The summed E-state index contributed by atoms with van der Waals surface area (Å²) in [5, 5.41) is 5.08. The second kappa shape index (κ2) is 8.22. The number of para-hydroxylation sites is 1. The zero-order chi connectivity index (χ0) is 19.4. The molecule has 7 nitrogen and oxygen atoms in total. The van der Waals surface area contributed by atoms with E-state index in [2.05, 4.69) is 21.6 Å². The number of carbonyl (C=O) groups excluding carboxylic acids is 1. The van der Waals surface area contributed by atoms with Crippen molar-refractivity contribution >= 4 is 28.7 Å². The van der Waals surface area contributed by atoms with Gasteiger partial charge in [-0.1, -0.05) is 42.1 Å². The van der Waals surface area contributed by atoms with Gasteiger partial charge < -0.3 is 9.88 Å². The fourth-order valence-electron chi connectivity index (χ4n) is 2.65. The lowest BCUT2D eigenvalue weighted by atomic mass is 10.3. The largest absolute Gasteiger partial charge is 0.338 e. The SMILES string of the molecule is C=C(C)CN(CC)C(=O)CSc1nc2c(cnn2-c2ccccc2)c(=O)[nH]1. The number of rotatable bonds is 7. The Kier molecular flexibility index (Phi) is 5.75. The lowest BCUT2D eigenvalue weighted by Gasteiger charge is -2.20. The number of carbonyl (C=O) groups is 1. The summed E-state index contributed by atoms with van der Waals surface area (Å²) in [4.78, 5) is 33.7. The predicted octanol–water partition coefficient (Wildman–Crippen LogP) is 2.63. The molecular weight excluding hydrogens is 362 g/mol. The van der Waals surface area contributed by atoms with Crippen LogP contribution in [0.3, 0.4) is 0 Å². The van der Waals surface area contributed by atoms with Crippen molar-refractivity contribution in [2.45, 2.75) is 19.0 Å². The van der Waals surface area contributed by atoms with E-state index in [0.29, 0.717) is 29.3 Å². The van der Waals surface area contributed by atoms with Crippen LogP contribution >= 0.6 is 11.8 Å². The van der Waals surface area contributed by atoms with Crippen LogP contribution < -0.4 is 5.56 Å². The van der Waals surface area contributed by atoms with Crippen LogP contribution in [0, 0.1) is 0 Å². The van der Waals surface area contributed by atoms with Gasteiger partial charge in [0, 0.05) is 13.1 Å². The highest BCUT2D eigenvalue weighted by molar-refractivity contribution is 7.99. The number of aromatic nitrogens is 4. The van der Waals surface area contributed by atoms with Crippen molar-refractivity contribution < 1.29 is 4.79 Å². The summed E-state index contributed by atoms with van der Waals surface area (Å²) in [5.74, 6) is 0.166. The van der Waals surface area contributed by atoms with E-state index in [9.17, 15) is 9.59 Å². The van der Waals surface area contributed by atoms with Gasteiger partial charge in [0.05, 0.1) is 17.6 Å². The van der Waals surface area contributed by atoms with Crippen molar-refractivity contribution in [1.29, 1.82) is 0 Å². The van der Waals surface area contributed by atoms with E-state index < -0.39 is 0 Å². The van der Waals surface area contributed by atoms with E-state index in [0.717, 1.165) is 11.3 Å². The number of benzene rings is 1. The Bertz CT molecular complexity index is 1030. The Morgan fingerprint density at radius 3 is 2.74 bits per heavy atom. The first-order valence-corrected chi connectivity index (χ1v) is 9.56. The molecule has 3 aromatic rings. The van der Waals surface area contributed by atoms with Gasteiger partial charge in [0.1, 0.15) is 5.39 Å². The number of hydrogen-bond donors (Lipinski definition) is 1. The zero-order valence-corrected chi connectivity index (χ0v) is 16.1. The molecule has 27 heavy (non-hydrogen) atoms. The van der Waals surface area contributed by atoms with Gasteiger partial charge in [0.15, 0.2) is 10.8 Å². The molecule has 2 aromatic heterocycles. The fraction of sp³-hybridized carbons (Fsp3) is 0.263. The number of thioether (sulfide) groups is 1. The van der Waals surface area contributed by atoms with Crippen molar-refractivity contribution in [3.05, 3.63) is 59.0 Å². The van der Waals surface area contributed by atoms with Crippen LogP contribution in [0.5, 0.6) is 0 Å². The van der Waals surface area contributed by atoms with E-state index >= 15 is 0 Å². The molecule has 0 saturated heterocycles. The molecule has 3 rings (SSSR count). The molecule has 1 aromatic carbocycles. The molecule has 0 fully saturated rings. The Morgan fingerprint density at radius 1 is 1.33 bits per heavy atom. The minimum atomic E-state index is -0.272. The number of hydrogen-bond acceptors (Lipinski definition) is 5. The number of fused-ring (bicyclic) bond motifs is 1. The molecule has 0 bridgehead atoms. The summed E-state index contributed by atoms with van der Waals surface area (Å²) in [7, 11) is 0. The van der Waals surface area contributed by atoms with Gasteiger partial charge in [-0.3, -0.25) is 9.59 Å². The minimum Gasteiger partial charge on any atom is -0.338 e. The first-order chi connectivity index (χ1) is 13.0. The van der Waals surface area contributed by atoms with Crippen LogP contribution in [0.4, 0.5) is 0 Å². The monoisotopic (exact) mass is 383 g/mol. The van der Waals surface area contributed by atoms with Crippen molar-refractivity contribution in [2.24, 2.45) is 0 Å². The molecule has 1 N–H and O–H groups in total. The number of H-pyrrole nitrogens is 1. The second-order valence-electron chi connectivity index (χ2n) is 6.15. The molecular formula is C19H21N5O2S. The highest BCUT2D eigenvalue weighted by Gasteiger charge is 2.15. The Labute approximate surface area is 161 Å². The Morgan fingerprint density at radius 2 is 2.07 bits per heavy atom. The molecule has 1 amide bonds. The molecule has 0 aliphatic rings. The van der Waals surface area contributed by atoms with Crippen LogP contribution in [0.25, 0.3) is 16.7 Å². The summed E-state index contributed by atoms with van der Waals surface area (Å²) in [6.07, 6.45) is 1.50. The van der Waals surface area contributed by atoms with E-state index in [1.54, 1.807) is 9.58 Å². The first kappa shape index (κ1) is 18.9. The highest BCUT2D eigenvalue weighted by Crippen LogP contribution is 2.18. The van der Waals surface area contributed by atoms with Crippen LogP contribution in [0.1, 0.15) is 13.8 Å². The van der Waals surface area contributed by atoms with Gasteiger partial charge in [-0.05, 0) is 26.0 Å². The topological polar surface area (TPSA) is 83.9 Å². The summed E-state index contributed by atoms with van der Waals surface area (Å²) >= 11 is 1.21. The third kappa shape index (κ3) is 4.28. The van der Waals surface area contributed by atoms with Gasteiger partial charge in [-0.2, -0.15) is 5.10 Å². The third-order valence-electron chi connectivity index (χ3n) is 3.94. The molecule has 0 saturated carbocycles. The second-order valence-corrected chi connectivity index (χ2v) is 7.12. The average molecular weight is 383 g/mol. The van der Waals surface area contributed by atoms with E-state index in [4.69, 9.17) is 0 Å². The standard InChI is InChI=1S/C19H21N5O2S/c1-4-23(11-13(2)3)16(25)12-27-19-21-17-15(18(26)22-19)10-20-24(17)14-8-6-5-7-9-14/h5-10H,2,4,11-12H2,1,3H3,(H,21,22,26). The summed E-state index contributed by atoms with van der Waals surface area (Å²) in [6.45, 7) is 8.80. The van der Waals surface area contributed by atoms with Crippen LogP contribution in [0.2, 0.25) is 0 Å². The van der Waals surface area contributed by atoms with Crippen LogP contribution in [-0.2, 0) is 4.79 Å². The lowest BCUT2D eigenvalue weighted by Crippen LogP contribution is -2.33. The van der Waals surface area contributed by atoms with E-state index in [-0.39, 0.29) is 17.2 Å². The zero-order valence-electron chi connectivity index (χ0n) is 15.3. The van der Waals surface area contributed by atoms with Crippen LogP contribution in [0.15, 0.2) is 58.6 Å². The number of nitrogens with one attached hydrogen (secondary N) is 1. The van der Waals surface area contributed by atoms with Crippen molar-refractivity contribution in [1.82, 2.24) is 24.6 Å². The molecule has 0 atom stereocenters. The summed E-state index contributed by atoms with van der Waals surface area (Å²) in [6, 6.07) is 9.48. The van der Waals surface area contributed by atoms with Gasteiger partial charge in [0.25, 0.3) is 5.56 Å². The average Bonchev–Trinajstić information content (AvgIpc) is 3.09. The van der Waals surface area contributed by atoms with Gasteiger partial charge in [0.2, 0.25) is 5.91 Å². The van der Waals surface area contributed by atoms with Crippen molar-refractivity contribution in [3.63, 3.8) is 0 Å². The first-order valence-electron chi connectivity index (χ1n) is 8.58. The Hall–Kier alpha value is -2.87. The quantitative estimate of drug-likeness (QED) is 0.385. The molecule has 0 aliphatic carbocycles. The van der Waals surface area contributed by atoms with Gasteiger partial charge in [-0.25, -0.2) is 9.67 Å². The van der Waals surface area contributed by atoms with E-state index in [1.807, 2.05) is 44.2 Å². The van der Waals surface area contributed by atoms with Crippen molar-refractivity contribution in [2.75, 3.05) is 18.8 Å². The highest BCUT2D eigenvalue weighted by atomic mass is 32.2. The van der Waals surface area contributed by atoms with Crippen LogP contribution in [-0.4, -0.2) is 49.4 Å². The third-order valence-corrected chi connectivity index (χ3v) is 4.80. The normalized spacial score (nSPS) is 10.9.